The van der Waals surface area contributed by atoms with Crippen molar-refractivity contribution in [2.24, 2.45) is 0 Å². The van der Waals surface area contributed by atoms with Crippen LogP contribution in [0.5, 0.6) is 0 Å². The molecule has 6 heteroatoms. The van der Waals surface area contributed by atoms with Crippen LogP contribution in [-0.2, 0) is 9.59 Å². The first-order chi connectivity index (χ1) is 12.6. The van der Waals surface area contributed by atoms with Gasteiger partial charge in [-0.15, -0.1) is 0 Å². The van der Waals surface area contributed by atoms with E-state index in [9.17, 15) is 14.7 Å². The minimum absolute atomic E-state index is 0.00164. The Morgan fingerprint density at radius 3 is 2.00 bits per heavy atom. The number of carbonyl (C=O) groups is 2. The Morgan fingerprint density at radius 1 is 1.00 bits per heavy atom. The molecule has 5 nitrogen and oxygen atoms in total. The summed E-state index contributed by atoms with van der Waals surface area (Å²) in [6.07, 6.45) is 0. The van der Waals surface area contributed by atoms with Gasteiger partial charge < -0.3 is 0 Å². The van der Waals surface area contributed by atoms with Crippen LogP contribution in [0.25, 0.3) is 0 Å². The Hall–Kier alpha value is -1.19. The van der Waals surface area contributed by atoms with E-state index in [-0.39, 0.29) is 54.7 Å². The fourth-order valence-corrected chi connectivity index (χ4v) is 5.31. The van der Waals surface area contributed by atoms with E-state index in [1.807, 2.05) is 36.4 Å². The predicted molar refractivity (Wildman–Crippen MR) is 95.6 cm³/mol. The van der Waals surface area contributed by atoms with Gasteiger partial charge in [-0.3, -0.25) is 0 Å². The van der Waals surface area contributed by atoms with Gasteiger partial charge in [0.2, 0.25) is 0 Å². The summed E-state index contributed by atoms with van der Waals surface area (Å²) in [5.74, 6) is -0.924. The van der Waals surface area contributed by atoms with Crippen molar-refractivity contribution in [2.45, 2.75) is 13.5 Å². The molecule has 0 radical (unpaired) electrons. The average molecular weight is 564 g/mol. The van der Waals surface area contributed by atoms with Gasteiger partial charge in [-0.2, -0.15) is 0 Å². The molecular weight excluding hydrogens is 542 g/mol. The molecule has 1 heterocycles. The number of carboxylic acid groups (broad SMARTS) is 1. The normalized spacial score (nSPS) is 18.0. The summed E-state index contributed by atoms with van der Waals surface area (Å²) in [5, 5.41) is 9.69. The molecule has 1 N–H and O–H groups in total. The van der Waals surface area contributed by atoms with Gasteiger partial charge in [0.25, 0.3) is 0 Å². The maximum absolute atomic E-state index is 12.2. The first-order valence-corrected chi connectivity index (χ1v) is 14.8. The van der Waals surface area contributed by atoms with Crippen LogP contribution in [0.3, 0.4) is 0 Å². The summed E-state index contributed by atoms with van der Waals surface area (Å²) in [7, 11) is 0. The van der Waals surface area contributed by atoms with Crippen molar-refractivity contribution in [3.63, 3.8) is 0 Å². The molecule has 1 atom stereocenters. The second kappa shape index (κ2) is 9.14. The summed E-state index contributed by atoms with van der Waals surface area (Å²) < 4.78 is 0.554. The van der Waals surface area contributed by atoms with Crippen molar-refractivity contribution in [3.05, 3.63) is 71.8 Å². The maximum atomic E-state index is 12.2. The van der Waals surface area contributed by atoms with Crippen LogP contribution >= 0.6 is 0 Å². The number of aliphatic carboxylic acids is 1. The van der Waals surface area contributed by atoms with E-state index in [1.165, 1.54) is 0 Å². The van der Waals surface area contributed by atoms with Gasteiger partial charge >= 0.3 is 184 Å². The molecule has 0 aromatic heterocycles. The van der Waals surface area contributed by atoms with E-state index in [0.717, 1.165) is 11.1 Å². The van der Waals surface area contributed by atoms with Gasteiger partial charge in [-0.25, -0.2) is 0 Å². The molecule has 0 bridgehead atoms. The van der Waals surface area contributed by atoms with Crippen molar-refractivity contribution < 1.29 is 57.5 Å². The average Bonchev–Trinajstić information content (AvgIpc) is 2.69. The van der Waals surface area contributed by atoms with Crippen molar-refractivity contribution in [1.82, 2.24) is 9.80 Å². The molecule has 1 saturated heterocycles. The van der Waals surface area contributed by atoms with E-state index in [0.29, 0.717) is 21.1 Å². The van der Waals surface area contributed by atoms with Crippen LogP contribution in [0, 0.1) is 42.8 Å². The van der Waals surface area contributed by atoms with Crippen LogP contribution in [-0.4, -0.2) is 52.5 Å². The van der Waals surface area contributed by atoms with E-state index in [4.69, 9.17) is 0 Å². The van der Waals surface area contributed by atoms with Crippen molar-refractivity contribution >= 4 is 11.9 Å². The number of hydrogen-bond donors (Lipinski definition) is 1. The Labute approximate surface area is 182 Å². The topological polar surface area (TPSA) is 60.9 Å². The van der Waals surface area contributed by atoms with E-state index in [2.05, 4.69) is 29.2 Å². The predicted octanol–water partition coefficient (Wildman–Crippen LogP) is 2.07. The number of carboxylic acids is 1. The molecule has 1 aliphatic rings. The zero-order chi connectivity index (χ0) is 18.5. The third-order valence-corrected chi connectivity index (χ3v) is 7.40. The van der Waals surface area contributed by atoms with Crippen molar-refractivity contribution in [3.8, 4) is 0 Å². The van der Waals surface area contributed by atoms with E-state index < -0.39 is 12.0 Å². The summed E-state index contributed by atoms with van der Waals surface area (Å²) >= 11 is 0.0803. The number of amides is 1. The Bertz CT molecular complexity index is 715. The number of benzene rings is 2. The standard InChI is InChI=1S/C20H21N2O3.Ra.H/c1-15(23)22-13-12-21(14-18(22)20(24)25)19(16-8-4-2-5-9-16)17-10-6-3-7-11-17;;/h2-11,18-19H,1,12-14H2,(H,24,25);;. The molecule has 132 valence electrons. The molecule has 1 aliphatic heterocycles. The summed E-state index contributed by atoms with van der Waals surface area (Å²) in [6, 6.07) is 19.5. The zero-order valence-electron chi connectivity index (χ0n) is 14.9. The van der Waals surface area contributed by atoms with Gasteiger partial charge in [-0.05, 0) is 0 Å². The van der Waals surface area contributed by atoms with Gasteiger partial charge in [0.1, 0.15) is 0 Å². The molecule has 0 aliphatic carbocycles. The van der Waals surface area contributed by atoms with Crippen LogP contribution in [0.15, 0.2) is 60.7 Å². The fourth-order valence-electron chi connectivity index (χ4n) is 3.64. The summed E-state index contributed by atoms with van der Waals surface area (Å²) in [6.45, 7) is 1.48. The molecule has 1 fully saturated rings. The van der Waals surface area contributed by atoms with E-state index in [1.54, 1.807) is 4.90 Å². The second-order valence-corrected chi connectivity index (χ2v) is 9.42. The summed E-state index contributed by atoms with van der Waals surface area (Å²) in [4.78, 5) is 27.8. The molecular formula is C20H22N2O3Ra. The Balaban J connectivity index is 1.93. The van der Waals surface area contributed by atoms with Crippen LogP contribution in [0.1, 0.15) is 17.2 Å². The van der Waals surface area contributed by atoms with Crippen molar-refractivity contribution in [2.75, 3.05) is 19.6 Å². The summed E-state index contributed by atoms with van der Waals surface area (Å²) in [5.41, 5.74) is 2.27. The molecule has 1 unspecified atom stereocenters. The zero-order valence-corrected chi connectivity index (χ0v) is 23.1. The van der Waals surface area contributed by atoms with Crippen LogP contribution < -0.4 is 0 Å². The first-order valence-electron chi connectivity index (χ1n) is 8.98. The molecule has 0 spiro atoms. The van der Waals surface area contributed by atoms with Gasteiger partial charge in [0.05, 0.1) is 0 Å². The number of carbonyl (C=O) groups excluding carboxylic acids is 1. The second-order valence-electron chi connectivity index (χ2n) is 6.51. The number of nitrogens with zero attached hydrogens (tertiary/aromatic N) is 2. The molecule has 2 aromatic rings. The SMILES string of the molecule is O=C(O)C1CN(C(c2ccccc2)c2ccccc2)CCN1C(=O)[CH2][RaH]. The molecule has 0 saturated carbocycles. The van der Waals surface area contributed by atoms with Crippen LogP contribution in [0.2, 0.25) is 1.46 Å². The minimum atomic E-state index is -0.922. The fraction of sp³-hybridized carbons (Fsp3) is 0.300. The van der Waals surface area contributed by atoms with Gasteiger partial charge in [-0.1, -0.05) is 0 Å². The van der Waals surface area contributed by atoms with Crippen LogP contribution in [0.4, 0.5) is 0 Å². The van der Waals surface area contributed by atoms with E-state index >= 15 is 0 Å². The quantitative estimate of drug-likeness (QED) is 0.605. The Morgan fingerprint density at radius 2 is 1.54 bits per heavy atom. The number of rotatable bonds is 5. The van der Waals surface area contributed by atoms with Gasteiger partial charge in [0, 0.05) is 0 Å². The monoisotopic (exact) mass is 564 g/mol. The molecule has 1 amide bonds. The third-order valence-electron chi connectivity index (χ3n) is 4.92. The van der Waals surface area contributed by atoms with Gasteiger partial charge in [0.15, 0.2) is 0 Å². The first kappa shape index (κ1) is 19.6. The molecule has 2 aromatic carbocycles. The molecule has 3 rings (SSSR count). The number of piperazine rings is 1. The Kier molecular flexibility index (Phi) is 6.88. The molecule has 26 heavy (non-hydrogen) atoms. The van der Waals surface area contributed by atoms with Crippen molar-refractivity contribution in [1.29, 1.82) is 0 Å². The number of hydrogen-bond acceptors (Lipinski definition) is 3. The third kappa shape index (κ3) is 4.37.